The highest BCUT2D eigenvalue weighted by Gasteiger charge is 2.22. The topological polar surface area (TPSA) is 79.3 Å². The Bertz CT molecular complexity index is 723. The Morgan fingerprint density at radius 1 is 1.40 bits per heavy atom. The van der Waals surface area contributed by atoms with Crippen molar-refractivity contribution in [2.75, 3.05) is 4.72 Å². The van der Waals surface area contributed by atoms with Gasteiger partial charge in [-0.05, 0) is 24.3 Å². The zero-order chi connectivity index (χ0) is 14.8. The fourth-order valence-electron chi connectivity index (χ4n) is 1.56. The number of rotatable bonds is 4. The second-order valence-electron chi connectivity index (χ2n) is 3.88. The van der Waals surface area contributed by atoms with Gasteiger partial charge in [0.2, 0.25) is 0 Å². The smallest absolute Gasteiger partial charge is 0.264 e. The summed E-state index contributed by atoms with van der Waals surface area (Å²) in [6, 6.07) is 5.15. The minimum Gasteiger partial charge on any atom is -0.392 e. The van der Waals surface area contributed by atoms with Crippen LogP contribution in [0, 0.1) is 5.82 Å². The van der Waals surface area contributed by atoms with Gasteiger partial charge < -0.3 is 5.11 Å². The lowest BCUT2D eigenvalue weighted by Gasteiger charge is -2.11. The second kappa shape index (κ2) is 5.74. The van der Waals surface area contributed by atoms with Crippen molar-refractivity contribution in [3.63, 3.8) is 0 Å². The molecule has 1 aromatic carbocycles. The third-order valence-corrected chi connectivity index (χ3v) is 4.05. The Labute approximate surface area is 120 Å². The van der Waals surface area contributed by atoms with Crippen LogP contribution in [-0.4, -0.2) is 18.5 Å². The quantitative estimate of drug-likeness (QED) is 0.906. The van der Waals surface area contributed by atoms with Crippen LogP contribution in [0.25, 0.3) is 0 Å². The van der Waals surface area contributed by atoms with Gasteiger partial charge in [-0.1, -0.05) is 11.6 Å². The predicted octanol–water partition coefficient (Wildman–Crippen LogP) is 2.17. The van der Waals surface area contributed by atoms with Gasteiger partial charge in [0.05, 0.1) is 18.5 Å². The van der Waals surface area contributed by atoms with Crippen molar-refractivity contribution >= 4 is 27.3 Å². The summed E-state index contributed by atoms with van der Waals surface area (Å²) in [5.74, 6) is -1.03. The van der Waals surface area contributed by atoms with Gasteiger partial charge in [-0.3, -0.25) is 9.71 Å². The highest BCUT2D eigenvalue weighted by Crippen LogP contribution is 2.25. The zero-order valence-electron chi connectivity index (χ0n) is 10.0. The molecule has 2 rings (SSSR count). The number of aromatic nitrogens is 1. The first-order valence-corrected chi connectivity index (χ1v) is 7.32. The average molecular weight is 317 g/mol. The van der Waals surface area contributed by atoms with Gasteiger partial charge in [0.1, 0.15) is 10.7 Å². The molecule has 0 aliphatic carbocycles. The molecule has 0 aliphatic rings. The van der Waals surface area contributed by atoms with E-state index in [4.69, 9.17) is 16.7 Å². The monoisotopic (exact) mass is 316 g/mol. The molecular formula is C12H10ClFN2O3S. The van der Waals surface area contributed by atoms with Crippen LogP contribution in [0.5, 0.6) is 0 Å². The van der Waals surface area contributed by atoms with E-state index in [9.17, 15) is 12.8 Å². The molecule has 0 atom stereocenters. The van der Waals surface area contributed by atoms with E-state index in [0.717, 1.165) is 6.07 Å². The Morgan fingerprint density at radius 3 is 2.75 bits per heavy atom. The number of aliphatic hydroxyl groups excluding tert-OH is 1. The van der Waals surface area contributed by atoms with Gasteiger partial charge in [0.15, 0.2) is 0 Å². The molecule has 8 heteroatoms. The van der Waals surface area contributed by atoms with Gasteiger partial charge in [-0.2, -0.15) is 0 Å². The summed E-state index contributed by atoms with van der Waals surface area (Å²) in [5.41, 5.74) is 0.00138. The lowest BCUT2D eigenvalue weighted by atomic mass is 10.2. The van der Waals surface area contributed by atoms with E-state index >= 15 is 0 Å². The molecular weight excluding hydrogens is 307 g/mol. The molecule has 106 valence electrons. The third kappa shape index (κ3) is 3.06. The van der Waals surface area contributed by atoms with Crippen LogP contribution in [0.1, 0.15) is 5.56 Å². The van der Waals surface area contributed by atoms with Gasteiger partial charge in [0, 0.05) is 16.8 Å². The summed E-state index contributed by atoms with van der Waals surface area (Å²) in [7, 11) is -4.16. The first kappa shape index (κ1) is 14.7. The minimum atomic E-state index is -4.16. The van der Waals surface area contributed by atoms with Crippen LogP contribution in [0.2, 0.25) is 5.02 Å². The molecule has 0 saturated carbocycles. The van der Waals surface area contributed by atoms with Crippen molar-refractivity contribution in [3.05, 3.63) is 53.1 Å². The van der Waals surface area contributed by atoms with Crippen molar-refractivity contribution in [2.24, 2.45) is 0 Å². The van der Waals surface area contributed by atoms with Crippen molar-refractivity contribution in [3.8, 4) is 0 Å². The molecule has 0 aliphatic heterocycles. The number of nitrogens with zero attached hydrogens (tertiary/aromatic N) is 1. The molecule has 0 saturated heterocycles. The van der Waals surface area contributed by atoms with E-state index in [2.05, 4.69) is 9.71 Å². The summed E-state index contributed by atoms with van der Waals surface area (Å²) in [6.07, 6.45) is 2.76. The van der Waals surface area contributed by atoms with Crippen LogP contribution in [-0.2, 0) is 16.6 Å². The van der Waals surface area contributed by atoms with Crippen molar-refractivity contribution in [1.82, 2.24) is 4.98 Å². The predicted molar refractivity (Wildman–Crippen MR) is 72.4 cm³/mol. The van der Waals surface area contributed by atoms with Crippen molar-refractivity contribution < 1.29 is 17.9 Å². The van der Waals surface area contributed by atoms with Crippen molar-refractivity contribution in [2.45, 2.75) is 11.5 Å². The Balaban J connectivity index is 2.47. The molecule has 1 aromatic heterocycles. The van der Waals surface area contributed by atoms with E-state index in [1.807, 2.05) is 0 Å². The van der Waals surface area contributed by atoms with Crippen LogP contribution >= 0.6 is 11.6 Å². The Hall–Kier alpha value is -1.70. The van der Waals surface area contributed by atoms with Gasteiger partial charge >= 0.3 is 0 Å². The summed E-state index contributed by atoms with van der Waals surface area (Å²) < 4.78 is 40.4. The van der Waals surface area contributed by atoms with Crippen LogP contribution in [0.4, 0.5) is 10.1 Å². The molecule has 0 amide bonds. The number of aliphatic hydroxyl groups is 1. The number of hydrogen-bond acceptors (Lipinski definition) is 4. The molecule has 5 nitrogen and oxygen atoms in total. The van der Waals surface area contributed by atoms with Crippen LogP contribution in [0.15, 0.2) is 41.6 Å². The zero-order valence-corrected chi connectivity index (χ0v) is 11.6. The summed E-state index contributed by atoms with van der Waals surface area (Å²) >= 11 is 5.73. The van der Waals surface area contributed by atoms with E-state index in [0.29, 0.717) is 0 Å². The van der Waals surface area contributed by atoms with E-state index in [-0.39, 0.29) is 16.3 Å². The molecule has 2 N–H and O–H groups in total. The molecule has 0 unspecified atom stereocenters. The SMILES string of the molecule is O=S(=O)(Nc1cccnc1)c1cc(Cl)cc(CO)c1F. The highest BCUT2D eigenvalue weighted by molar-refractivity contribution is 7.92. The number of nitrogens with one attached hydrogen (secondary N) is 1. The first-order valence-electron chi connectivity index (χ1n) is 5.45. The molecule has 0 radical (unpaired) electrons. The van der Waals surface area contributed by atoms with Gasteiger partial charge in [-0.15, -0.1) is 0 Å². The largest absolute Gasteiger partial charge is 0.392 e. The number of halogens is 2. The highest BCUT2D eigenvalue weighted by atomic mass is 35.5. The first-order chi connectivity index (χ1) is 9.44. The maximum absolute atomic E-state index is 14.0. The molecule has 0 fully saturated rings. The summed E-state index contributed by atoms with van der Waals surface area (Å²) in [6.45, 7) is -0.651. The number of sulfonamides is 1. The third-order valence-electron chi connectivity index (χ3n) is 2.45. The fraction of sp³-hybridized carbons (Fsp3) is 0.0833. The van der Waals surface area contributed by atoms with Crippen molar-refractivity contribution in [1.29, 1.82) is 0 Å². The fourth-order valence-corrected chi connectivity index (χ4v) is 3.06. The summed E-state index contributed by atoms with van der Waals surface area (Å²) in [4.78, 5) is 3.12. The maximum Gasteiger partial charge on any atom is 0.264 e. The number of hydrogen-bond donors (Lipinski definition) is 2. The number of benzene rings is 1. The molecule has 2 aromatic rings. The normalized spacial score (nSPS) is 11.3. The minimum absolute atomic E-state index is 0.0158. The van der Waals surface area contributed by atoms with E-state index in [1.165, 1.54) is 30.6 Å². The maximum atomic E-state index is 14.0. The standard InChI is InChI=1S/C12H10ClFN2O3S/c13-9-4-8(7-17)12(14)11(5-9)20(18,19)16-10-2-1-3-15-6-10/h1-6,16-17H,7H2. The number of anilines is 1. The Morgan fingerprint density at radius 2 is 2.15 bits per heavy atom. The molecule has 0 bridgehead atoms. The lowest BCUT2D eigenvalue weighted by Crippen LogP contribution is -2.15. The number of pyridine rings is 1. The van der Waals surface area contributed by atoms with Crippen LogP contribution in [0.3, 0.4) is 0 Å². The molecule has 0 spiro atoms. The van der Waals surface area contributed by atoms with Crippen LogP contribution < -0.4 is 4.72 Å². The molecule has 1 heterocycles. The lowest BCUT2D eigenvalue weighted by molar-refractivity contribution is 0.274. The second-order valence-corrected chi connectivity index (χ2v) is 5.97. The Kier molecular flexibility index (Phi) is 4.22. The summed E-state index contributed by atoms with van der Waals surface area (Å²) in [5, 5.41) is 9.01. The average Bonchev–Trinajstić information content (AvgIpc) is 2.41. The van der Waals surface area contributed by atoms with Gasteiger partial charge in [0.25, 0.3) is 10.0 Å². The molecule has 20 heavy (non-hydrogen) atoms. The van der Waals surface area contributed by atoms with Gasteiger partial charge in [-0.25, -0.2) is 12.8 Å². The van der Waals surface area contributed by atoms with E-state index < -0.39 is 27.3 Å². The van der Waals surface area contributed by atoms with E-state index in [1.54, 1.807) is 0 Å².